The first-order valence-corrected chi connectivity index (χ1v) is 6.56. The van der Waals surface area contributed by atoms with Crippen LogP contribution in [0.3, 0.4) is 0 Å². The molecule has 0 aliphatic heterocycles. The van der Waals surface area contributed by atoms with Crippen LogP contribution in [0.1, 0.15) is 24.0 Å². The molecule has 1 fully saturated rings. The molecule has 0 atom stereocenters. The van der Waals surface area contributed by atoms with Crippen LogP contribution in [0.2, 0.25) is 0 Å². The average Bonchev–Trinajstić information content (AvgIpc) is 3.20. The molecule has 1 aromatic carbocycles. The monoisotopic (exact) mass is 289 g/mol. The molecule has 112 valence electrons. The van der Waals surface area contributed by atoms with Crippen molar-refractivity contribution in [3.05, 3.63) is 29.3 Å². The highest BCUT2D eigenvalue weighted by molar-refractivity contribution is 5.39. The molecule has 6 heteroatoms. The van der Waals surface area contributed by atoms with E-state index in [0.29, 0.717) is 18.2 Å². The van der Waals surface area contributed by atoms with E-state index in [2.05, 4.69) is 5.32 Å². The first-order chi connectivity index (χ1) is 9.50. The Morgan fingerprint density at radius 1 is 1.25 bits per heavy atom. The van der Waals surface area contributed by atoms with E-state index < -0.39 is 11.7 Å². The van der Waals surface area contributed by atoms with Crippen molar-refractivity contribution in [2.75, 3.05) is 20.3 Å². The Morgan fingerprint density at radius 3 is 2.60 bits per heavy atom. The SMILES string of the molecule is COCCOc1ccc(CNC2CC2)cc1C(F)(F)F. The van der Waals surface area contributed by atoms with Crippen molar-refractivity contribution < 1.29 is 22.6 Å². The molecule has 0 unspecified atom stereocenters. The summed E-state index contributed by atoms with van der Waals surface area (Å²) in [6.45, 7) is 0.799. The number of rotatable bonds is 7. The molecule has 0 bridgehead atoms. The van der Waals surface area contributed by atoms with E-state index in [1.54, 1.807) is 6.07 Å². The molecule has 3 nitrogen and oxygen atoms in total. The average molecular weight is 289 g/mol. The van der Waals surface area contributed by atoms with Crippen molar-refractivity contribution in [3.63, 3.8) is 0 Å². The highest BCUT2D eigenvalue weighted by Crippen LogP contribution is 2.37. The van der Waals surface area contributed by atoms with Crippen molar-refractivity contribution >= 4 is 0 Å². The molecule has 2 rings (SSSR count). The van der Waals surface area contributed by atoms with Gasteiger partial charge in [-0.3, -0.25) is 0 Å². The Hall–Kier alpha value is -1.27. The minimum atomic E-state index is -4.42. The molecule has 1 saturated carbocycles. The molecule has 1 N–H and O–H groups in total. The normalized spacial score (nSPS) is 15.4. The Labute approximate surface area is 116 Å². The zero-order valence-electron chi connectivity index (χ0n) is 11.3. The molecule has 0 heterocycles. The van der Waals surface area contributed by atoms with Crippen LogP contribution in [-0.2, 0) is 17.5 Å². The van der Waals surface area contributed by atoms with Gasteiger partial charge in [0.2, 0.25) is 0 Å². The number of ether oxygens (including phenoxy) is 2. The van der Waals surface area contributed by atoms with E-state index >= 15 is 0 Å². The summed E-state index contributed by atoms with van der Waals surface area (Å²) >= 11 is 0. The minimum Gasteiger partial charge on any atom is -0.491 e. The summed E-state index contributed by atoms with van der Waals surface area (Å²) in [5.74, 6) is -0.148. The molecule has 0 radical (unpaired) electrons. The Bertz CT molecular complexity index is 445. The quantitative estimate of drug-likeness (QED) is 0.783. The molecule has 1 aliphatic carbocycles. The third kappa shape index (κ3) is 4.38. The summed E-state index contributed by atoms with van der Waals surface area (Å²) in [7, 11) is 1.47. The second kappa shape index (κ2) is 6.45. The van der Waals surface area contributed by atoms with Gasteiger partial charge in [0.25, 0.3) is 0 Å². The maximum atomic E-state index is 13.0. The lowest BCUT2D eigenvalue weighted by Gasteiger charge is -2.15. The Morgan fingerprint density at radius 2 is 2.00 bits per heavy atom. The minimum absolute atomic E-state index is 0.0965. The van der Waals surface area contributed by atoms with E-state index in [4.69, 9.17) is 9.47 Å². The zero-order chi connectivity index (χ0) is 14.6. The van der Waals surface area contributed by atoms with Crippen LogP contribution in [0.4, 0.5) is 13.2 Å². The number of benzene rings is 1. The van der Waals surface area contributed by atoms with Gasteiger partial charge < -0.3 is 14.8 Å². The lowest BCUT2D eigenvalue weighted by atomic mass is 10.1. The second-order valence-electron chi connectivity index (χ2n) is 4.82. The fraction of sp³-hybridized carbons (Fsp3) is 0.571. The van der Waals surface area contributed by atoms with Crippen molar-refractivity contribution in [2.24, 2.45) is 0 Å². The van der Waals surface area contributed by atoms with E-state index in [9.17, 15) is 13.2 Å². The van der Waals surface area contributed by atoms with Gasteiger partial charge in [-0.1, -0.05) is 6.07 Å². The first-order valence-electron chi connectivity index (χ1n) is 6.56. The molecule has 0 saturated heterocycles. The topological polar surface area (TPSA) is 30.5 Å². The lowest BCUT2D eigenvalue weighted by Crippen LogP contribution is -2.17. The van der Waals surface area contributed by atoms with E-state index in [-0.39, 0.29) is 19.0 Å². The van der Waals surface area contributed by atoms with Gasteiger partial charge in [-0.2, -0.15) is 13.2 Å². The van der Waals surface area contributed by atoms with E-state index in [0.717, 1.165) is 18.9 Å². The van der Waals surface area contributed by atoms with Crippen LogP contribution >= 0.6 is 0 Å². The van der Waals surface area contributed by atoms with Gasteiger partial charge in [0.05, 0.1) is 12.2 Å². The largest absolute Gasteiger partial charge is 0.491 e. The maximum Gasteiger partial charge on any atom is 0.419 e. The van der Waals surface area contributed by atoms with Crippen LogP contribution in [0.15, 0.2) is 18.2 Å². The Kier molecular flexibility index (Phi) is 4.88. The van der Waals surface area contributed by atoms with E-state index in [1.165, 1.54) is 13.2 Å². The molecule has 0 aromatic heterocycles. The van der Waals surface area contributed by atoms with Crippen molar-refractivity contribution in [1.82, 2.24) is 5.32 Å². The van der Waals surface area contributed by atoms with Gasteiger partial charge >= 0.3 is 6.18 Å². The molecule has 0 amide bonds. The van der Waals surface area contributed by atoms with Gasteiger partial charge in [-0.15, -0.1) is 0 Å². The lowest BCUT2D eigenvalue weighted by molar-refractivity contribution is -0.139. The van der Waals surface area contributed by atoms with Crippen LogP contribution in [0.5, 0.6) is 5.75 Å². The first kappa shape index (κ1) is 15.1. The third-order valence-corrected chi connectivity index (χ3v) is 3.07. The smallest absolute Gasteiger partial charge is 0.419 e. The van der Waals surface area contributed by atoms with Gasteiger partial charge in [-0.05, 0) is 30.5 Å². The highest BCUT2D eigenvalue weighted by Gasteiger charge is 2.34. The van der Waals surface area contributed by atoms with Crippen LogP contribution in [-0.4, -0.2) is 26.4 Å². The summed E-state index contributed by atoms with van der Waals surface area (Å²) in [4.78, 5) is 0. The van der Waals surface area contributed by atoms with Crippen LogP contribution in [0, 0.1) is 0 Å². The van der Waals surface area contributed by atoms with Gasteiger partial charge in [0, 0.05) is 19.7 Å². The van der Waals surface area contributed by atoms with Crippen LogP contribution in [0.25, 0.3) is 0 Å². The predicted octanol–water partition coefficient (Wildman–Crippen LogP) is 2.98. The number of hydrogen-bond acceptors (Lipinski definition) is 3. The number of hydrogen-bond donors (Lipinski definition) is 1. The standard InChI is InChI=1S/C14H18F3NO2/c1-19-6-7-20-13-5-2-10(9-18-11-3-4-11)8-12(13)14(15,16)17/h2,5,8,11,18H,3-4,6-7,9H2,1H3. The number of halogens is 3. The van der Waals surface area contributed by atoms with Gasteiger partial charge in [0.15, 0.2) is 0 Å². The summed E-state index contributed by atoms with van der Waals surface area (Å²) in [5.41, 5.74) is -0.119. The second-order valence-corrected chi connectivity index (χ2v) is 4.82. The number of alkyl halides is 3. The summed E-state index contributed by atoms with van der Waals surface area (Å²) in [5, 5.41) is 3.20. The van der Waals surface area contributed by atoms with Gasteiger partial charge in [0.1, 0.15) is 12.4 Å². The van der Waals surface area contributed by atoms with Crippen molar-refractivity contribution in [1.29, 1.82) is 0 Å². The zero-order valence-corrected chi connectivity index (χ0v) is 11.3. The number of methoxy groups -OCH3 is 1. The molecule has 1 aromatic rings. The molecular formula is C14H18F3NO2. The van der Waals surface area contributed by atoms with Crippen molar-refractivity contribution in [2.45, 2.75) is 31.6 Å². The molecule has 0 spiro atoms. The summed E-state index contributed by atoms with van der Waals surface area (Å²) < 4.78 is 49.0. The molecular weight excluding hydrogens is 271 g/mol. The molecule has 1 aliphatic rings. The van der Waals surface area contributed by atoms with Gasteiger partial charge in [-0.25, -0.2) is 0 Å². The Balaban J connectivity index is 2.09. The molecule has 20 heavy (non-hydrogen) atoms. The number of nitrogens with one attached hydrogen (secondary N) is 1. The van der Waals surface area contributed by atoms with E-state index in [1.807, 2.05) is 0 Å². The third-order valence-electron chi connectivity index (χ3n) is 3.07. The van der Waals surface area contributed by atoms with Crippen LogP contribution < -0.4 is 10.1 Å². The fourth-order valence-corrected chi connectivity index (χ4v) is 1.82. The maximum absolute atomic E-state index is 13.0. The van der Waals surface area contributed by atoms with Crippen molar-refractivity contribution in [3.8, 4) is 5.75 Å². The summed E-state index contributed by atoms with van der Waals surface area (Å²) in [6, 6.07) is 4.65. The highest BCUT2D eigenvalue weighted by atomic mass is 19.4. The summed E-state index contributed by atoms with van der Waals surface area (Å²) in [6.07, 6.45) is -2.22. The fourth-order valence-electron chi connectivity index (χ4n) is 1.82. The predicted molar refractivity (Wildman–Crippen MR) is 68.7 cm³/mol.